The average molecular weight is 226 g/mol. The third-order valence-electron chi connectivity index (χ3n) is 2.36. The summed E-state index contributed by atoms with van der Waals surface area (Å²) in [6, 6.07) is 2.90. The first kappa shape index (κ1) is 10.4. The number of likely N-dealkylation sites (tertiary alicyclic amines) is 1. The molecular weight excluding hydrogens is 215 g/mol. The minimum atomic E-state index is -0.357. The number of halogens is 1. The van der Waals surface area contributed by atoms with E-state index >= 15 is 0 Å². The molecule has 1 saturated heterocycles. The van der Waals surface area contributed by atoms with Gasteiger partial charge in [0.15, 0.2) is 5.82 Å². The topological polar surface area (TPSA) is 33.2 Å². The van der Waals surface area contributed by atoms with E-state index in [0.29, 0.717) is 5.03 Å². The minimum absolute atomic E-state index is 0.0602. The van der Waals surface area contributed by atoms with Crippen LogP contribution in [0.4, 0.5) is 4.39 Å². The molecule has 1 fully saturated rings. The van der Waals surface area contributed by atoms with Gasteiger partial charge in [-0.15, -0.1) is 0 Å². The van der Waals surface area contributed by atoms with Crippen molar-refractivity contribution in [2.45, 2.75) is 16.7 Å². The molecule has 0 aromatic carbocycles. The Morgan fingerprint density at radius 3 is 3.07 bits per heavy atom. The van der Waals surface area contributed by atoms with Gasteiger partial charge in [-0.1, -0.05) is 11.8 Å². The number of nitrogens with zero attached hydrogens (tertiary/aromatic N) is 2. The van der Waals surface area contributed by atoms with Gasteiger partial charge in [-0.2, -0.15) is 0 Å². The highest BCUT2D eigenvalue weighted by molar-refractivity contribution is 8.00. The Balaban J connectivity index is 2.10. The smallest absolute Gasteiger partial charge is 0.235 e. The predicted octanol–water partition coefficient (Wildman–Crippen LogP) is 1.54. The maximum Gasteiger partial charge on any atom is 0.235 e. The number of pyridine rings is 1. The zero-order valence-electron chi connectivity index (χ0n) is 8.31. The van der Waals surface area contributed by atoms with Gasteiger partial charge in [-0.05, 0) is 18.6 Å². The van der Waals surface area contributed by atoms with Crippen molar-refractivity contribution >= 4 is 17.7 Å². The van der Waals surface area contributed by atoms with Crippen molar-refractivity contribution in [2.75, 3.05) is 13.6 Å². The Morgan fingerprint density at radius 1 is 1.67 bits per heavy atom. The first-order chi connectivity index (χ1) is 7.18. The van der Waals surface area contributed by atoms with Gasteiger partial charge in [-0.25, -0.2) is 9.37 Å². The van der Waals surface area contributed by atoms with Gasteiger partial charge < -0.3 is 4.90 Å². The summed E-state index contributed by atoms with van der Waals surface area (Å²) < 4.78 is 13.3. The number of thioether (sulfide) groups is 1. The van der Waals surface area contributed by atoms with Crippen LogP contribution in [0, 0.1) is 5.82 Å². The second-order valence-corrected chi connectivity index (χ2v) is 4.64. The van der Waals surface area contributed by atoms with Crippen molar-refractivity contribution in [3.05, 3.63) is 24.1 Å². The second-order valence-electron chi connectivity index (χ2n) is 3.45. The van der Waals surface area contributed by atoms with Gasteiger partial charge in [0.2, 0.25) is 5.91 Å². The maximum atomic E-state index is 13.3. The van der Waals surface area contributed by atoms with Gasteiger partial charge in [0, 0.05) is 19.8 Å². The number of amides is 1. The molecule has 0 N–H and O–H groups in total. The fourth-order valence-corrected chi connectivity index (χ4v) is 2.57. The summed E-state index contributed by atoms with van der Waals surface area (Å²) in [5.41, 5.74) is 0. The zero-order valence-corrected chi connectivity index (χ0v) is 9.13. The molecule has 2 heterocycles. The van der Waals surface area contributed by atoms with Crippen LogP contribution >= 0.6 is 11.8 Å². The van der Waals surface area contributed by atoms with Crippen molar-refractivity contribution in [3.8, 4) is 0 Å². The molecule has 1 aliphatic rings. The summed E-state index contributed by atoms with van der Waals surface area (Å²) in [5, 5.41) is 0.130. The van der Waals surface area contributed by atoms with Crippen LogP contribution < -0.4 is 0 Å². The Kier molecular flexibility index (Phi) is 2.90. The van der Waals surface area contributed by atoms with E-state index in [9.17, 15) is 9.18 Å². The molecule has 5 heteroatoms. The van der Waals surface area contributed by atoms with E-state index in [4.69, 9.17) is 0 Å². The van der Waals surface area contributed by atoms with E-state index in [1.807, 2.05) is 0 Å². The van der Waals surface area contributed by atoms with Crippen LogP contribution in [0.25, 0.3) is 0 Å². The van der Waals surface area contributed by atoms with E-state index in [2.05, 4.69) is 4.98 Å². The largest absolute Gasteiger partial charge is 0.345 e. The van der Waals surface area contributed by atoms with E-state index in [0.717, 1.165) is 13.0 Å². The lowest BCUT2D eigenvalue weighted by molar-refractivity contribution is -0.126. The number of carbonyl (C=O) groups excluding carboxylic acids is 1. The number of carbonyl (C=O) groups is 1. The zero-order chi connectivity index (χ0) is 10.8. The number of hydrogen-bond donors (Lipinski definition) is 0. The van der Waals surface area contributed by atoms with Crippen LogP contribution in [-0.4, -0.2) is 34.6 Å². The fraction of sp³-hybridized carbons (Fsp3) is 0.400. The highest BCUT2D eigenvalue weighted by Gasteiger charge is 2.30. The highest BCUT2D eigenvalue weighted by Crippen LogP contribution is 2.30. The molecular formula is C10H11FN2OS. The molecule has 1 amide bonds. The number of aromatic nitrogens is 1. The van der Waals surface area contributed by atoms with Crippen LogP contribution in [-0.2, 0) is 4.79 Å². The van der Waals surface area contributed by atoms with Gasteiger partial charge in [0.1, 0.15) is 5.03 Å². The van der Waals surface area contributed by atoms with Crippen molar-refractivity contribution in [2.24, 2.45) is 0 Å². The molecule has 1 aliphatic heterocycles. The van der Waals surface area contributed by atoms with E-state index < -0.39 is 0 Å². The fourth-order valence-electron chi connectivity index (χ4n) is 1.49. The van der Waals surface area contributed by atoms with Crippen LogP contribution in [0.15, 0.2) is 23.4 Å². The van der Waals surface area contributed by atoms with Crippen molar-refractivity contribution < 1.29 is 9.18 Å². The molecule has 0 aliphatic carbocycles. The summed E-state index contributed by atoms with van der Waals surface area (Å²) >= 11 is 1.21. The predicted molar refractivity (Wildman–Crippen MR) is 56.1 cm³/mol. The van der Waals surface area contributed by atoms with Crippen LogP contribution in [0.2, 0.25) is 0 Å². The second kappa shape index (κ2) is 4.18. The lowest BCUT2D eigenvalue weighted by atomic mass is 10.4. The highest BCUT2D eigenvalue weighted by atomic mass is 32.2. The van der Waals surface area contributed by atoms with Crippen molar-refractivity contribution in [3.63, 3.8) is 0 Å². The summed E-state index contributed by atoms with van der Waals surface area (Å²) in [5.74, 6) is -0.296. The van der Waals surface area contributed by atoms with Gasteiger partial charge in [0.05, 0.1) is 5.25 Å². The molecule has 0 bridgehead atoms. The lowest BCUT2D eigenvalue weighted by Gasteiger charge is -2.09. The Bertz CT molecular complexity index is 385. The Labute approximate surface area is 91.7 Å². The Morgan fingerprint density at radius 2 is 2.47 bits per heavy atom. The molecule has 2 rings (SSSR count). The maximum absolute atomic E-state index is 13.3. The molecule has 1 aromatic heterocycles. The third-order valence-corrected chi connectivity index (χ3v) is 3.60. The standard InChI is InChI=1S/C10H11FN2OS/c1-13-6-4-8(10(13)14)15-9-7(11)3-2-5-12-9/h2-3,5,8H,4,6H2,1H3/t8-/m1/s1. The van der Waals surface area contributed by atoms with Crippen LogP contribution in [0.3, 0.4) is 0 Å². The van der Waals surface area contributed by atoms with E-state index in [1.54, 1.807) is 18.0 Å². The molecule has 1 atom stereocenters. The molecule has 0 unspecified atom stereocenters. The normalized spacial score (nSPS) is 21.1. The molecule has 80 valence electrons. The third kappa shape index (κ3) is 2.12. The van der Waals surface area contributed by atoms with Crippen molar-refractivity contribution in [1.29, 1.82) is 0 Å². The van der Waals surface area contributed by atoms with E-state index in [1.165, 1.54) is 24.0 Å². The van der Waals surface area contributed by atoms with Gasteiger partial charge >= 0.3 is 0 Å². The summed E-state index contributed by atoms with van der Waals surface area (Å²) in [7, 11) is 1.76. The summed E-state index contributed by atoms with van der Waals surface area (Å²) in [4.78, 5) is 17.2. The first-order valence-electron chi connectivity index (χ1n) is 4.70. The Hall–Kier alpha value is -1.10. The summed E-state index contributed by atoms with van der Waals surface area (Å²) in [6.07, 6.45) is 2.30. The summed E-state index contributed by atoms with van der Waals surface area (Å²) in [6.45, 7) is 0.741. The minimum Gasteiger partial charge on any atom is -0.345 e. The number of hydrogen-bond acceptors (Lipinski definition) is 3. The van der Waals surface area contributed by atoms with Gasteiger partial charge in [-0.3, -0.25) is 4.79 Å². The lowest BCUT2D eigenvalue weighted by Crippen LogP contribution is -2.23. The molecule has 0 radical (unpaired) electrons. The monoisotopic (exact) mass is 226 g/mol. The van der Waals surface area contributed by atoms with Crippen LogP contribution in [0.1, 0.15) is 6.42 Å². The molecule has 15 heavy (non-hydrogen) atoms. The SMILES string of the molecule is CN1CC[C@@H](Sc2ncccc2F)C1=O. The molecule has 1 aromatic rings. The molecule has 3 nitrogen and oxygen atoms in total. The molecule has 0 saturated carbocycles. The molecule has 0 spiro atoms. The quantitative estimate of drug-likeness (QED) is 0.767. The van der Waals surface area contributed by atoms with E-state index in [-0.39, 0.29) is 17.0 Å². The van der Waals surface area contributed by atoms with Crippen LogP contribution in [0.5, 0.6) is 0 Å². The average Bonchev–Trinajstić information content (AvgIpc) is 2.53. The first-order valence-corrected chi connectivity index (χ1v) is 5.58. The van der Waals surface area contributed by atoms with Gasteiger partial charge in [0.25, 0.3) is 0 Å². The van der Waals surface area contributed by atoms with Crippen molar-refractivity contribution in [1.82, 2.24) is 9.88 Å². The number of rotatable bonds is 2.